The number of ketones is 1. The summed E-state index contributed by atoms with van der Waals surface area (Å²) in [4.78, 5) is 15.0. The zero-order valence-electron chi connectivity index (χ0n) is 17.3. The average molecular weight is 399 g/mol. The van der Waals surface area contributed by atoms with Crippen LogP contribution < -0.4 is 15.4 Å². The maximum absolute atomic E-state index is 13.1. The first kappa shape index (κ1) is 19.8. The Bertz CT molecular complexity index is 1070. The minimum atomic E-state index is -0.449. The first-order valence-corrected chi connectivity index (χ1v) is 10.3. The first-order chi connectivity index (χ1) is 14.5. The lowest BCUT2D eigenvalue weighted by atomic mass is 9.75. The Kier molecular flexibility index (Phi) is 5.33. The molecule has 2 aliphatic rings. The number of benzene rings is 2. The second-order valence-electron chi connectivity index (χ2n) is 7.65. The second kappa shape index (κ2) is 8.08. The predicted octanol–water partition coefficient (Wildman–Crippen LogP) is 4.70. The van der Waals surface area contributed by atoms with Crippen molar-refractivity contribution >= 4 is 11.5 Å². The van der Waals surface area contributed by atoms with Crippen LogP contribution in [0, 0.1) is 18.3 Å². The highest BCUT2D eigenvalue weighted by atomic mass is 16.5. The molecule has 0 fully saturated rings. The maximum Gasteiger partial charge on any atom is 0.161 e. The number of hydrogen-bond donors (Lipinski definition) is 1. The van der Waals surface area contributed by atoms with Crippen LogP contribution in [0.4, 0.5) is 5.69 Å². The van der Waals surface area contributed by atoms with Gasteiger partial charge in [-0.15, -0.1) is 0 Å². The molecule has 0 amide bonds. The fraction of sp³-hybridized carbons (Fsp3) is 0.280. The lowest BCUT2D eigenvalue weighted by Gasteiger charge is -2.39. The average Bonchev–Trinajstić information content (AvgIpc) is 2.75. The van der Waals surface area contributed by atoms with Crippen LogP contribution in [0.2, 0.25) is 0 Å². The van der Waals surface area contributed by atoms with Crippen molar-refractivity contribution in [2.45, 2.75) is 39.0 Å². The number of nitrogens with zero attached hydrogens (tertiary/aromatic N) is 2. The highest BCUT2D eigenvalue weighted by molar-refractivity contribution is 6.01. The quantitative estimate of drug-likeness (QED) is 0.806. The van der Waals surface area contributed by atoms with E-state index in [4.69, 9.17) is 10.5 Å². The molecule has 2 aromatic rings. The lowest BCUT2D eigenvalue weighted by molar-refractivity contribution is -0.116. The fourth-order valence-corrected chi connectivity index (χ4v) is 4.33. The van der Waals surface area contributed by atoms with Crippen LogP contribution >= 0.6 is 0 Å². The summed E-state index contributed by atoms with van der Waals surface area (Å²) >= 11 is 0. The monoisotopic (exact) mass is 399 g/mol. The van der Waals surface area contributed by atoms with Crippen molar-refractivity contribution in [1.29, 1.82) is 5.26 Å². The molecule has 5 nitrogen and oxygen atoms in total. The Morgan fingerprint density at radius 2 is 1.83 bits per heavy atom. The molecule has 152 valence electrons. The second-order valence-corrected chi connectivity index (χ2v) is 7.65. The highest BCUT2D eigenvalue weighted by Gasteiger charge is 2.40. The Morgan fingerprint density at radius 1 is 1.13 bits per heavy atom. The number of carbonyl (C=O) groups excluding carboxylic acids is 1. The van der Waals surface area contributed by atoms with Crippen LogP contribution in [0.3, 0.4) is 0 Å². The van der Waals surface area contributed by atoms with Gasteiger partial charge in [-0.25, -0.2) is 0 Å². The van der Waals surface area contributed by atoms with E-state index in [0.29, 0.717) is 30.0 Å². The van der Waals surface area contributed by atoms with Crippen molar-refractivity contribution in [3.8, 4) is 11.8 Å². The minimum absolute atomic E-state index is 0.0903. The molecule has 0 saturated carbocycles. The highest BCUT2D eigenvalue weighted by Crippen LogP contribution is 2.46. The van der Waals surface area contributed by atoms with Crippen molar-refractivity contribution in [3.63, 3.8) is 0 Å². The van der Waals surface area contributed by atoms with Gasteiger partial charge in [0.1, 0.15) is 11.6 Å². The van der Waals surface area contributed by atoms with E-state index >= 15 is 0 Å². The normalized spacial score (nSPS) is 18.9. The molecule has 5 heteroatoms. The van der Waals surface area contributed by atoms with Crippen molar-refractivity contribution in [2.24, 2.45) is 5.73 Å². The summed E-state index contributed by atoms with van der Waals surface area (Å²) < 4.78 is 5.55. The van der Waals surface area contributed by atoms with E-state index in [-0.39, 0.29) is 5.78 Å². The van der Waals surface area contributed by atoms with Crippen LogP contribution in [0.1, 0.15) is 43.2 Å². The van der Waals surface area contributed by atoms with E-state index in [2.05, 4.69) is 6.07 Å². The topological polar surface area (TPSA) is 79.3 Å². The number of rotatable bonds is 4. The van der Waals surface area contributed by atoms with Gasteiger partial charge in [0.2, 0.25) is 0 Å². The molecule has 2 N–H and O–H groups in total. The molecule has 0 saturated heterocycles. The standard InChI is InChI=1S/C25H25N3O2/c1-3-30-19-13-9-17(10-14-19)23-20(15-26)25(27)28(18-11-7-16(2)8-12-18)21-5-4-6-22(29)24(21)23/h7-14,23H,3-6,27H2,1-2H3/t23-/m1/s1. The largest absolute Gasteiger partial charge is 0.494 e. The number of Topliss-reactive ketones (excluding diaryl/α,β-unsaturated/α-hetero) is 1. The van der Waals surface area contributed by atoms with Crippen molar-refractivity contribution in [2.75, 3.05) is 11.5 Å². The molecule has 0 aromatic heterocycles. The van der Waals surface area contributed by atoms with Crippen LogP contribution in [0.5, 0.6) is 5.75 Å². The number of anilines is 1. The van der Waals surface area contributed by atoms with E-state index in [1.165, 1.54) is 0 Å². The molecular formula is C25H25N3O2. The number of ether oxygens (including phenoxy) is 1. The van der Waals surface area contributed by atoms with Gasteiger partial charge in [-0.05, 0) is 56.5 Å². The summed E-state index contributed by atoms with van der Waals surface area (Å²) in [5.41, 5.74) is 11.5. The van der Waals surface area contributed by atoms with Gasteiger partial charge in [0.05, 0.1) is 24.2 Å². The summed E-state index contributed by atoms with van der Waals surface area (Å²) in [7, 11) is 0. The summed E-state index contributed by atoms with van der Waals surface area (Å²) in [5.74, 6) is 0.800. The van der Waals surface area contributed by atoms with Gasteiger partial charge in [-0.2, -0.15) is 5.26 Å². The number of hydrogen-bond acceptors (Lipinski definition) is 5. The molecule has 30 heavy (non-hydrogen) atoms. The molecular weight excluding hydrogens is 374 g/mol. The molecule has 1 aliphatic heterocycles. The van der Waals surface area contributed by atoms with Crippen molar-refractivity contribution < 1.29 is 9.53 Å². The van der Waals surface area contributed by atoms with Crippen LogP contribution in [0.15, 0.2) is 71.2 Å². The molecule has 0 radical (unpaired) electrons. The van der Waals surface area contributed by atoms with Crippen molar-refractivity contribution in [3.05, 3.63) is 82.3 Å². The Hall–Kier alpha value is -3.52. The van der Waals surface area contributed by atoms with Gasteiger partial charge < -0.3 is 10.5 Å². The zero-order chi connectivity index (χ0) is 21.3. The number of carbonyl (C=O) groups is 1. The summed E-state index contributed by atoms with van der Waals surface area (Å²) in [6.07, 6.45) is 2.03. The SMILES string of the molecule is CCOc1ccc([C@@H]2C(C#N)=C(N)N(c3ccc(C)cc3)C3=C2C(=O)CCC3)cc1. The Labute approximate surface area is 177 Å². The Morgan fingerprint density at radius 3 is 2.47 bits per heavy atom. The number of aryl methyl sites for hydroxylation is 1. The van der Waals surface area contributed by atoms with Crippen LogP contribution in [0.25, 0.3) is 0 Å². The third-order valence-electron chi connectivity index (χ3n) is 5.73. The van der Waals surface area contributed by atoms with Crippen LogP contribution in [-0.4, -0.2) is 12.4 Å². The van der Waals surface area contributed by atoms with Gasteiger partial charge in [0, 0.05) is 23.4 Å². The third-order valence-corrected chi connectivity index (χ3v) is 5.73. The predicted molar refractivity (Wildman–Crippen MR) is 117 cm³/mol. The summed E-state index contributed by atoms with van der Waals surface area (Å²) in [5, 5.41) is 10.0. The van der Waals surface area contributed by atoms with Gasteiger partial charge in [0.15, 0.2) is 5.78 Å². The van der Waals surface area contributed by atoms with E-state index in [9.17, 15) is 10.1 Å². The molecule has 0 unspecified atom stereocenters. The summed E-state index contributed by atoms with van der Waals surface area (Å²) in [6, 6.07) is 17.9. The zero-order valence-corrected chi connectivity index (χ0v) is 17.3. The molecule has 1 atom stereocenters. The van der Waals surface area contributed by atoms with Crippen molar-refractivity contribution in [1.82, 2.24) is 0 Å². The molecule has 4 rings (SSSR count). The third kappa shape index (κ3) is 3.35. The number of allylic oxidation sites excluding steroid dienone is 3. The number of nitriles is 1. The molecule has 1 heterocycles. The maximum atomic E-state index is 13.1. The first-order valence-electron chi connectivity index (χ1n) is 10.3. The van der Waals surface area contributed by atoms with E-state index < -0.39 is 5.92 Å². The lowest BCUT2D eigenvalue weighted by Crippen LogP contribution is -2.38. The molecule has 2 aromatic carbocycles. The van der Waals surface area contributed by atoms with E-state index in [1.807, 2.05) is 67.3 Å². The van der Waals surface area contributed by atoms with E-state index in [0.717, 1.165) is 41.1 Å². The van der Waals surface area contributed by atoms with Gasteiger partial charge in [-0.3, -0.25) is 9.69 Å². The van der Waals surface area contributed by atoms with Gasteiger partial charge >= 0.3 is 0 Å². The van der Waals surface area contributed by atoms with Crippen LogP contribution in [-0.2, 0) is 4.79 Å². The molecule has 0 bridgehead atoms. The number of nitrogens with two attached hydrogens (primary N) is 1. The minimum Gasteiger partial charge on any atom is -0.494 e. The Balaban J connectivity index is 1.88. The summed E-state index contributed by atoms with van der Waals surface area (Å²) in [6.45, 7) is 4.54. The van der Waals surface area contributed by atoms with Gasteiger partial charge in [0.25, 0.3) is 0 Å². The smallest absolute Gasteiger partial charge is 0.161 e. The van der Waals surface area contributed by atoms with E-state index in [1.54, 1.807) is 0 Å². The van der Waals surface area contributed by atoms with Gasteiger partial charge in [-0.1, -0.05) is 29.8 Å². The molecule has 1 aliphatic carbocycles. The fourth-order valence-electron chi connectivity index (χ4n) is 4.33. The molecule has 0 spiro atoms.